The maximum Gasteiger partial charge on any atom is 0.138 e. The normalized spacial score (nSPS) is 28.5. The largest absolute Gasteiger partial charge is 0.325 e. The first-order chi connectivity index (χ1) is 8.67. The lowest BCUT2D eigenvalue weighted by Gasteiger charge is -2.36. The van der Waals surface area contributed by atoms with Gasteiger partial charge in [-0.15, -0.1) is 0 Å². The highest BCUT2D eigenvalue weighted by Crippen LogP contribution is 2.33. The lowest BCUT2D eigenvalue weighted by Crippen LogP contribution is -2.46. The van der Waals surface area contributed by atoms with Gasteiger partial charge >= 0.3 is 0 Å². The SMILES string of the molecule is CCCn1ncnc1CC1(N)CCC(CC)CC1. The molecule has 1 saturated carbocycles. The zero-order valence-corrected chi connectivity index (χ0v) is 11.7. The van der Waals surface area contributed by atoms with Crippen molar-refractivity contribution in [2.24, 2.45) is 11.7 Å². The number of hydrogen-bond donors (Lipinski definition) is 1. The summed E-state index contributed by atoms with van der Waals surface area (Å²) in [7, 11) is 0. The van der Waals surface area contributed by atoms with Crippen molar-refractivity contribution >= 4 is 0 Å². The molecule has 4 heteroatoms. The van der Waals surface area contributed by atoms with Crippen LogP contribution in [0.1, 0.15) is 58.2 Å². The second kappa shape index (κ2) is 5.83. The molecular formula is C14H26N4. The van der Waals surface area contributed by atoms with Gasteiger partial charge in [0, 0.05) is 18.5 Å². The fourth-order valence-electron chi connectivity index (χ4n) is 2.98. The van der Waals surface area contributed by atoms with Crippen LogP contribution in [0.4, 0.5) is 0 Å². The van der Waals surface area contributed by atoms with Gasteiger partial charge < -0.3 is 5.73 Å². The highest BCUT2D eigenvalue weighted by molar-refractivity contribution is 4.99. The second-order valence-electron chi connectivity index (χ2n) is 5.79. The van der Waals surface area contributed by atoms with Gasteiger partial charge in [0.05, 0.1) is 0 Å². The fourth-order valence-corrected chi connectivity index (χ4v) is 2.98. The molecule has 0 saturated heterocycles. The van der Waals surface area contributed by atoms with Crippen LogP contribution in [0.15, 0.2) is 6.33 Å². The highest BCUT2D eigenvalue weighted by atomic mass is 15.3. The molecular weight excluding hydrogens is 224 g/mol. The molecule has 1 aliphatic rings. The van der Waals surface area contributed by atoms with Crippen molar-refractivity contribution < 1.29 is 0 Å². The minimum absolute atomic E-state index is 0.0514. The van der Waals surface area contributed by atoms with Crippen LogP contribution in [0.2, 0.25) is 0 Å². The van der Waals surface area contributed by atoms with E-state index >= 15 is 0 Å². The molecule has 1 aromatic rings. The zero-order chi connectivity index (χ0) is 13.0. The minimum atomic E-state index is -0.0514. The summed E-state index contributed by atoms with van der Waals surface area (Å²) in [4.78, 5) is 4.39. The minimum Gasteiger partial charge on any atom is -0.325 e. The zero-order valence-electron chi connectivity index (χ0n) is 11.7. The maximum atomic E-state index is 6.55. The Morgan fingerprint density at radius 1 is 1.39 bits per heavy atom. The van der Waals surface area contributed by atoms with Crippen molar-refractivity contribution in [3.63, 3.8) is 0 Å². The van der Waals surface area contributed by atoms with E-state index in [1.165, 1.54) is 19.3 Å². The third-order valence-electron chi connectivity index (χ3n) is 4.32. The molecule has 2 N–H and O–H groups in total. The molecule has 102 valence electrons. The van der Waals surface area contributed by atoms with Gasteiger partial charge in [0.1, 0.15) is 12.2 Å². The molecule has 4 nitrogen and oxygen atoms in total. The summed E-state index contributed by atoms with van der Waals surface area (Å²) < 4.78 is 2.01. The van der Waals surface area contributed by atoms with Gasteiger partial charge in [-0.2, -0.15) is 5.10 Å². The standard InChI is InChI=1S/C14H26N4/c1-3-9-18-13(16-11-17-18)10-14(15)7-5-12(4-2)6-8-14/h11-12H,3-10,15H2,1-2H3. The van der Waals surface area contributed by atoms with Crippen LogP contribution in [-0.4, -0.2) is 20.3 Å². The monoisotopic (exact) mass is 250 g/mol. The molecule has 0 atom stereocenters. The number of hydrogen-bond acceptors (Lipinski definition) is 3. The Hall–Kier alpha value is -0.900. The van der Waals surface area contributed by atoms with Gasteiger partial charge in [0.2, 0.25) is 0 Å². The molecule has 0 aromatic carbocycles. The van der Waals surface area contributed by atoms with E-state index in [9.17, 15) is 0 Å². The van der Waals surface area contributed by atoms with E-state index < -0.39 is 0 Å². The first kappa shape index (κ1) is 13.5. The molecule has 0 radical (unpaired) electrons. The van der Waals surface area contributed by atoms with Crippen LogP contribution in [0, 0.1) is 5.92 Å². The van der Waals surface area contributed by atoms with Crippen molar-refractivity contribution in [3.05, 3.63) is 12.2 Å². The maximum absolute atomic E-state index is 6.55. The molecule has 18 heavy (non-hydrogen) atoms. The third-order valence-corrected chi connectivity index (χ3v) is 4.32. The van der Waals surface area contributed by atoms with Crippen molar-refractivity contribution in [2.75, 3.05) is 0 Å². The van der Waals surface area contributed by atoms with Crippen LogP contribution in [-0.2, 0) is 13.0 Å². The lowest BCUT2D eigenvalue weighted by atomic mass is 9.74. The predicted octanol–water partition coefficient (Wildman–Crippen LogP) is 2.53. The summed E-state index contributed by atoms with van der Waals surface area (Å²) >= 11 is 0. The smallest absolute Gasteiger partial charge is 0.138 e. The molecule has 1 aliphatic carbocycles. The highest BCUT2D eigenvalue weighted by Gasteiger charge is 2.32. The van der Waals surface area contributed by atoms with Crippen LogP contribution >= 0.6 is 0 Å². The van der Waals surface area contributed by atoms with E-state index in [-0.39, 0.29) is 5.54 Å². The van der Waals surface area contributed by atoms with Crippen molar-refractivity contribution in [3.8, 4) is 0 Å². The lowest BCUT2D eigenvalue weighted by molar-refractivity contribution is 0.223. The van der Waals surface area contributed by atoms with Gasteiger partial charge in [-0.05, 0) is 38.0 Å². The Labute approximate surface area is 110 Å². The topological polar surface area (TPSA) is 56.7 Å². The van der Waals surface area contributed by atoms with E-state index in [2.05, 4.69) is 23.9 Å². The van der Waals surface area contributed by atoms with Crippen LogP contribution < -0.4 is 5.73 Å². The predicted molar refractivity (Wildman–Crippen MR) is 73.2 cm³/mol. The number of nitrogens with two attached hydrogens (primary N) is 1. The fraction of sp³-hybridized carbons (Fsp3) is 0.857. The van der Waals surface area contributed by atoms with Crippen LogP contribution in [0.3, 0.4) is 0 Å². The van der Waals surface area contributed by atoms with Gasteiger partial charge in [0.25, 0.3) is 0 Å². The van der Waals surface area contributed by atoms with E-state index in [1.54, 1.807) is 6.33 Å². The first-order valence-corrected chi connectivity index (χ1v) is 7.32. The van der Waals surface area contributed by atoms with Crippen molar-refractivity contribution in [1.29, 1.82) is 0 Å². The van der Waals surface area contributed by atoms with E-state index in [4.69, 9.17) is 5.73 Å². The number of nitrogens with zero attached hydrogens (tertiary/aromatic N) is 3. The van der Waals surface area contributed by atoms with Crippen LogP contribution in [0.5, 0.6) is 0 Å². The third kappa shape index (κ3) is 3.10. The summed E-state index contributed by atoms with van der Waals surface area (Å²) in [5.74, 6) is 1.95. The average Bonchev–Trinajstić information content (AvgIpc) is 2.78. The quantitative estimate of drug-likeness (QED) is 0.873. The molecule has 0 unspecified atom stereocenters. The van der Waals surface area contributed by atoms with Crippen LogP contribution in [0.25, 0.3) is 0 Å². The average molecular weight is 250 g/mol. The molecule has 0 spiro atoms. The van der Waals surface area contributed by atoms with Gasteiger partial charge in [-0.1, -0.05) is 20.3 Å². The summed E-state index contributed by atoms with van der Waals surface area (Å²) in [6.07, 6.45) is 9.72. The summed E-state index contributed by atoms with van der Waals surface area (Å²) in [6.45, 7) is 5.39. The Morgan fingerprint density at radius 3 is 2.72 bits per heavy atom. The summed E-state index contributed by atoms with van der Waals surface area (Å²) in [5, 5.41) is 4.28. The number of rotatable bonds is 5. The molecule has 0 amide bonds. The summed E-state index contributed by atoms with van der Waals surface area (Å²) in [5.41, 5.74) is 6.50. The molecule has 1 heterocycles. The van der Waals surface area contributed by atoms with Gasteiger partial charge in [-0.25, -0.2) is 4.98 Å². The molecule has 1 fully saturated rings. The first-order valence-electron chi connectivity index (χ1n) is 7.32. The summed E-state index contributed by atoms with van der Waals surface area (Å²) in [6, 6.07) is 0. The van der Waals surface area contributed by atoms with Crippen molar-refractivity contribution in [1.82, 2.24) is 14.8 Å². The molecule has 2 rings (SSSR count). The molecule has 1 aromatic heterocycles. The Bertz CT molecular complexity index is 364. The molecule has 0 aliphatic heterocycles. The number of aryl methyl sites for hydroxylation is 1. The van der Waals surface area contributed by atoms with E-state index in [1.807, 2.05) is 4.68 Å². The molecule has 0 bridgehead atoms. The number of aromatic nitrogens is 3. The Kier molecular flexibility index (Phi) is 4.38. The van der Waals surface area contributed by atoms with Gasteiger partial charge in [-0.3, -0.25) is 4.68 Å². The van der Waals surface area contributed by atoms with Gasteiger partial charge in [0.15, 0.2) is 0 Å². The second-order valence-corrected chi connectivity index (χ2v) is 5.79. The van der Waals surface area contributed by atoms with E-state index in [0.29, 0.717) is 0 Å². The van der Waals surface area contributed by atoms with Crippen molar-refractivity contribution in [2.45, 2.75) is 70.9 Å². The Morgan fingerprint density at radius 2 is 2.11 bits per heavy atom. The van der Waals surface area contributed by atoms with E-state index in [0.717, 1.165) is 44.0 Å². The Balaban J connectivity index is 1.98.